The maximum Gasteiger partial charge on any atom is 0.243 e. The Morgan fingerprint density at radius 2 is 1.87 bits per heavy atom. The number of hydrogen-bond donors (Lipinski definition) is 2. The zero-order chi connectivity index (χ0) is 10.9. The minimum absolute atomic E-state index is 0.263. The van der Waals surface area contributed by atoms with Gasteiger partial charge in [-0.05, 0) is 19.4 Å². The van der Waals surface area contributed by atoms with Gasteiger partial charge in [0.15, 0.2) is 0 Å². The van der Waals surface area contributed by atoms with Gasteiger partial charge < -0.3 is 0 Å². The van der Waals surface area contributed by atoms with Crippen LogP contribution in [0.2, 0.25) is 0 Å². The van der Waals surface area contributed by atoms with Gasteiger partial charge in [-0.3, -0.25) is 5.21 Å². The lowest BCUT2D eigenvalue weighted by Gasteiger charge is -2.16. The second-order valence-electron chi connectivity index (χ2n) is 3.93. The third kappa shape index (κ3) is 1.76. The van der Waals surface area contributed by atoms with E-state index >= 15 is 0 Å². The Kier molecular flexibility index (Phi) is 2.28. The minimum Gasteiger partial charge on any atom is -0.288 e. The summed E-state index contributed by atoms with van der Waals surface area (Å²) in [6, 6.07) is 9.83. The molecule has 0 unspecified atom stereocenters. The van der Waals surface area contributed by atoms with E-state index in [2.05, 4.69) is 9.98 Å². The summed E-state index contributed by atoms with van der Waals surface area (Å²) in [5.74, 6) is 0.263. The second kappa shape index (κ2) is 3.47. The zero-order valence-corrected chi connectivity index (χ0v) is 8.73. The van der Waals surface area contributed by atoms with Gasteiger partial charge >= 0.3 is 0 Å². The number of benzene rings is 1. The molecule has 0 atom stereocenters. The van der Waals surface area contributed by atoms with Crippen LogP contribution >= 0.6 is 0 Å². The van der Waals surface area contributed by atoms with Gasteiger partial charge in [0, 0.05) is 0 Å². The molecule has 1 aliphatic rings. The van der Waals surface area contributed by atoms with Gasteiger partial charge in [-0.2, -0.15) is 0 Å². The van der Waals surface area contributed by atoms with Crippen LogP contribution in [-0.2, 0) is 0 Å². The minimum atomic E-state index is -0.396. The van der Waals surface area contributed by atoms with Crippen molar-refractivity contribution in [2.24, 2.45) is 9.98 Å². The van der Waals surface area contributed by atoms with Crippen LogP contribution < -0.4 is 5.48 Å². The lowest BCUT2D eigenvalue weighted by atomic mass is 9.94. The molecule has 4 heteroatoms. The van der Waals surface area contributed by atoms with E-state index in [-0.39, 0.29) is 5.96 Å². The predicted octanol–water partition coefficient (Wildman–Crippen LogP) is 1.60. The van der Waals surface area contributed by atoms with Crippen molar-refractivity contribution in [2.75, 3.05) is 0 Å². The number of hydroxylamine groups is 1. The Labute approximate surface area is 88.3 Å². The molecule has 0 saturated carbocycles. The summed E-state index contributed by atoms with van der Waals surface area (Å²) in [6.07, 6.45) is 0. The van der Waals surface area contributed by atoms with Crippen molar-refractivity contribution in [1.82, 2.24) is 5.48 Å². The van der Waals surface area contributed by atoms with Crippen LogP contribution in [0, 0.1) is 0 Å². The molecular formula is C11H13N3O. The summed E-state index contributed by atoms with van der Waals surface area (Å²) in [6.45, 7) is 3.92. The molecule has 2 rings (SSSR count). The first-order valence-corrected chi connectivity index (χ1v) is 4.78. The molecule has 1 aliphatic heterocycles. The van der Waals surface area contributed by atoms with E-state index in [0.717, 1.165) is 11.3 Å². The fraction of sp³-hybridized carbons (Fsp3) is 0.273. The molecule has 15 heavy (non-hydrogen) atoms. The van der Waals surface area contributed by atoms with E-state index in [0.29, 0.717) is 0 Å². The highest BCUT2D eigenvalue weighted by molar-refractivity contribution is 6.15. The molecule has 0 spiro atoms. The summed E-state index contributed by atoms with van der Waals surface area (Å²) >= 11 is 0. The molecule has 1 aromatic carbocycles. The van der Waals surface area contributed by atoms with Gasteiger partial charge in [-0.15, -0.1) is 0 Å². The third-order valence-corrected chi connectivity index (χ3v) is 2.33. The smallest absolute Gasteiger partial charge is 0.243 e. The summed E-state index contributed by atoms with van der Waals surface area (Å²) in [7, 11) is 0. The van der Waals surface area contributed by atoms with Crippen LogP contribution in [0.3, 0.4) is 0 Å². The Morgan fingerprint density at radius 3 is 2.40 bits per heavy atom. The third-order valence-electron chi connectivity index (χ3n) is 2.33. The summed E-state index contributed by atoms with van der Waals surface area (Å²) in [5.41, 5.74) is 3.47. The van der Waals surface area contributed by atoms with Crippen molar-refractivity contribution in [1.29, 1.82) is 0 Å². The maximum absolute atomic E-state index is 8.78. The first-order valence-electron chi connectivity index (χ1n) is 4.78. The van der Waals surface area contributed by atoms with E-state index in [1.54, 1.807) is 0 Å². The standard InChI is InChI=1S/C11H13N3O/c1-11(2)9(12-10(13-11)14-15)8-6-4-3-5-7-8/h3-7,15H,1-2H3,(H,13,14). The fourth-order valence-electron chi connectivity index (χ4n) is 1.65. The van der Waals surface area contributed by atoms with Gasteiger partial charge in [0.1, 0.15) is 5.54 Å². The highest BCUT2D eigenvalue weighted by atomic mass is 16.5. The highest BCUT2D eigenvalue weighted by Gasteiger charge is 2.31. The Morgan fingerprint density at radius 1 is 1.20 bits per heavy atom. The van der Waals surface area contributed by atoms with Crippen molar-refractivity contribution in [3.05, 3.63) is 35.9 Å². The van der Waals surface area contributed by atoms with Crippen molar-refractivity contribution < 1.29 is 5.21 Å². The molecule has 0 radical (unpaired) electrons. The molecule has 0 bridgehead atoms. The molecule has 78 valence electrons. The van der Waals surface area contributed by atoms with Gasteiger partial charge in [0.2, 0.25) is 5.96 Å². The number of nitrogens with zero attached hydrogens (tertiary/aromatic N) is 2. The first-order chi connectivity index (χ1) is 7.13. The number of rotatable bonds is 1. The molecule has 0 aromatic heterocycles. The molecule has 2 N–H and O–H groups in total. The summed E-state index contributed by atoms with van der Waals surface area (Å²) < 4.78 is 0. The van der Waals surface area contributed by atoms with Crippen LogP contribution in [0.1, 0.15) is 19.4 Å². The molecule has 4 nitrogen and oxygen atoms in total. The molecular weight excluding hydrogens is 190 g/mol. The van der Waals surface area contributed by atoms with Crippen molar-refractivity contribution in [2.45, 2.75) is 19.4 Å². The first kappa shape index (κ1) is 9.86. The number of guanidine groups is 1. The SMILES string of the molecule is CC1(C)N=C(NO)N=C1c1ccccc1. The maximum atomic E-state index is 8.78. The van der Waals surface area contributed by atoms with Crippen LogP contribution in [-0.4, -0.2) is 22.4 Å². The van der Waals surface area contributed by atoms with Crippen molar-refractivity contribution >= 4 is 11.7 Å². The van der Waals surface area contributed by atoms with Gasteiger partial charge in [0.05, 0.1) is 5.71 Å². The van der Waals surface area contributed by atoms with E-state index in [1.165, 1.54) is 0 Å². The van der Waals surface area contributed by atoms with E-state index < -0.39 is 5.54 Å². The van der Waals surface area contributed by atoms with Crippen LogP contribution in [0.5, 0.6) is 0 Å². The molecule has 0 fully saturated rings. The normalized spacial score (nSPS) is 18.3. The molecule has 0 amide bonds. The van der Waals surface area contributed by atoms with Crippen LogP contribution in [0.25, 0.3) is 0 Å². The molecule has 1 heterocycles. The summed E-state index contributed by atoms with van der Waals surface area (Å²) in [5, 5.41) is 8.78. The Bertz CT molecular complexity index is 421. The van der Waals surface area contributed by atoms with Crippen LogP contribution in [0.15, 0.2) is 40.3 Å². The molecule has 0 aliphatic carbocycles. The zero-order valence-electron chi connectivity index (χ0n) is 8.73. The topological polar surface area (TPSA) is 57.0 Å². The molecule has 1 aromatic rings. The average Bonchev–Trinajstić information content (AvgIpc) is 2.55. The van der Waals surface area contributed by atoms with E-state index in [1.807, 2.05) is 49.7 Å². The number of aliphatic imine (C=N–C) groups is 2. The van der Waals surface area contributed by atoms with Crippen molar-refractivity contribution in [3.8, 4) is 0 Å². The quantitative estimate of drug-likeness (QED) is 0.681. The average molecular weight is 203 g/mol. The van der Waals surface area contributed by atoms with E-state index in [9.17, 15) is 0 Å². The number of hydrogen-bond acceptors (Lipinski definition) is 4. The van der Waals surface area contributed by atoms with E-state index in [4.69, 9.17) is 5.21 Å². The monoisotopic (exact) mass is 203 g/mol. The summed E-state index contributed by atoms with van der Waals surface area (Å²) in [4.78, 5) is 8.48. The fourth-order valence-corrected chi connectivity index (χ4v) is 1.65. The van der Waals surface area contributed by atoms with Gasteiger partial charge in [-0.25, -0.2) is 15.5 Å². The number of nitrogens with one attached hydrogen (secondary N) is 1. The van der Waals surface area contributed by atoms with Gasteiger partial charge in [0.25, 0.3) is 0 Å². The Hall–Kier alpha value is -1.68. The van der Waals surface area contributed by atoms with Crippen LogP contribution in [0.4, 0.5) is 0 Å². The van der Waals surface area contributed by atoms with Crippen molar-refractivity contribution in [3.63, 3.8) is 0 Å². The molecule has 0 saturated heterocycles. The Balaban J connectivity index is 2.41. The largest absolute Gasteiger partial charge is 0.288 e. The highest BCUT2D eigenvalue weighted by Crippen LogP contribution is 2.22. The lowest BCUT2D eigenvalue weighted by molar-refractivity contribution is 0.232. The van der Waals surface area contributed by atoms with Gasteiger partial charge in [-0.1, -0.05) is 30.3 Å². The predicted molar refractivity (Wildman–Crippen MR) is 59.4 cm³/mol. The second-order valence-corrected chi connectivity index (χ2v) is 3.93. The lowest BCUT2D eigenvalue weighted by Crippen LogP contribution is -2.27.